The van der Waals surface area contributed by atoms with Crippen LogP contribution in [-0.4, -0.2) is 0 Å². The van der Waals surface area contributed by atoms with Crippen LogP contribution in [0.15, 0.2) is 59.7 Å². The van der Waals surface area contributed by atoms with Crippen LogP contribution in [-0.2, 0) is 20.0 Å². The molecule has 2 aromatic carbocycles. The zero-order valence-corrected chi connectivity index (χ0v) is 25.4. The van der Waals surface area contributed by atoms with Crippen LogP contribution in [0, 0.1) is 11.8 Å². The van der Waals surface area contributed by atoms with Gasteiger partial charge in [-0.1, -0.05) is 0 Å². The van der Waals surface area contributed by atoms with Crippen molar-refractivity contribution in [2.45, 2.75) is 73.5 Å². The number of rotatable bonds is 4. The van der Waals surface area contributed by atoms with Crippen molar-refractivity contribution in [1.29, 1.82) is 0 Å². The van der Waals surface area contributed by atoms with Gasteiger partial charge in [-0.2, -0.15) is 0 Å². The van der Waals surface area contributed by atoms with E-state index in [0.29, 0.717) is 0 Å². The second kappa shape index (κ2) is 10.0. The summed E-state index contributed by atoms with van der Waals surface area (Å²) >= 11 is -2.76. The minimum Gasteiger partial charge on any atom is -0.147 e. The van der Waals surface area contributed by atoms with Crippen molar-refractivity contribution < 1.29 is 20.0 Å². The van der Waals surface area contributed by atoms with E-state index in [1.165, 1.54) is 57.8 Å². The maximum absolute atomic E-state index is 2.76. The minimum atomic E-state index is -2.76. The molecule has 34 heavy (non-hydrogen) atoms. The molecule has 2 atom stereocenters. The van der Waals surface area contributed by atoms with Gasteiger partial charge in [-0.05, 0) is 0 Å². The van der Waals surface area contributed by atoms with E-state index in [0.717, 1.165) is 19.2 Å². The van der Waals surface area contributed by atoms with Gasteiger partial charge in [-0.15, -0.1) is 24.8 Å². The van der Waals surface area contributed by atoms with Gasteiger partial charge in [0.1, 0.15) is 0 Å². The van der Waals surface area contributed by atoms with E-state index in [1.54, 1.807) is 30.6 Å². The number of hydrogen-bond acceptors (Lipinski definition) is 0. The molecule has 1 aliphatic heterocycles. The van der Waals surface area contributed by atoms with Crippen molar-refractivity contribution in [3.63, 3.8) is 0 Å². The van der Waals surface area contributed by atoms with Gasteiger partial charge in [0.05, 0.1) is 0 Å². The summed E-state index contributed by atoms with van der Waals surface area (Å²) in [6.45, 7) is 0. The van der Waals surface area contributed by atoms with Crippen LogP contribution < -0.4 is 0 Å². The average molecular weight is 660 g/mol. The standard InChI is InChI=1S/2C14H15.C3H6.2ClH.Hf/c2*1-2-6-11(5-1)14-9-12-7-3-4-8-13(12)10-14;1-3-2;;;/h2*3-4,7-11H,1-2,5-6H2;1-3H2;2*1H;. The predicted octanol–water partition coefficient (Wildman–Crippen LogP) is 9.88. The molecule has 2 saturated carbocycles. The Balaban J connectivity index is 0.00000120. The molecule has 0 radical (unpaired) electrons. The molecule has 3 fully saturated rings. The molecule has 5 aliphatic rings. The molecule has 2 aromatic rings. The Morgan fingerprint density at radius 3 is 1.32 bits per heavy atom. The number of allylic oxidation sites excluding steroid dienone is 2. The first-order valence-corrected chi connectivity index (χ1v) is 22.7. The fraction of sp³-hybridized carbons (Fsp3) is 0.484. The third-order valence-electron chi connectivity index (χ3n) is 10.0. The quantitative estimate of drug-likeness (QED) is 0.287. The Hall–Kier alpha value is -0.630. The summed E-state index contributed by atoms with van der Waals surface area (Å²) in [5.41, 5.74) is 10.5. The van der Waals surface area contributed by atoms with Gasteiger partial charge in [0.25, 0.3) is 0 Å². The van der Waals surface area contributed by atoms with E-state index in [1.807, 2.05) is 11.1 Å². The Bertz CT molecular complexity index is 1020. The summed E-state index contributed by atoms with van der Waals surface area (Å²) in [5.74, 6) is 1.75. The molecule has 1 heterocycles. The molecule has 0 aromatic heterocycles. The molecule has 2 unspecified atom stereocenters. The first kappa shape index (κ1) is 25.0. The van der Waals surface area contributed by atoms with Gasteiger partial charge in [-0.3, -0.25) is 0 Å². The van der Waals surface area contributed by atoms with Crippen LogP contribution in [0.2, 0.25) is 8.35 Å². The van der Waals surface area contributed by atoms with Gasteiger partial charge in [0.2, 0.25) is 0 Å². The Morgan fingerprint density at radius 2 is 0.941 bits per heavy atom. The van der Waals surface area contributed by atoms with Crippen LogP contribution in [0.3, 0.4) is 0 Å². The molecule has 0 bridgehead atoms. The summed E-state index contributed by atoms with van der Waals surface area (Å²) in [5, 5.41) is 0. The largest absolute Gasteiger partial charge is 0.147 e. The molecule has 0 amide bonds. The summed E-state index contributed by atoms with van der Waals surface area (Å²) in [7, 11) is 0. The van der Waals surface area contributed by atoms with E-state index in [4.69, 9.17) is 0 Å². The molecule has 0 spiro atoms. The Labute approximate surface area is 222 Å². The van der Waals surface area contributed by atoms with Gasteiger partial charge in [0, 0.05) is 0 Å². The molecule has 0 nitrogen and oxygen atoms in total. The Kier molecular flexibility index (Phi) is 7.38. The van der Waals surface area contributed by atoms with Crippen LogP contribution in [0.1, 0.15) is 87.4 Å². The van der Waals surface area contributed by atoms with Crippen molar-refractivity contribution in [2.24, 2.45) is 11.8 Å². The first-order valence-electron chi connectivity index (χ1n) is 13.5. The molecule has 180 valence electrons. The van der Waals surface area contributed by atoms with E-state index < -0.39 is 20.0 Å². The SMILES string of the molecule is C1=C(C2CCCC2)[CH]([Hf]2([CH]3C(C4CCCC4)=Cc4ccccc43)[CH2]C[CH2]2)c2ccccc21.Cl.Cl. The summed E-state index contributed by atoms with van der Waals surface area (Å²) < 4.78 is 4.96. The van der Waals surface area contributed by atoms with Gasteiger partial charge in [0.15, 0.2) is 0 Å². The first-order chi connectivity index (χ1) is 15.9. The zero-order valence-electron chi connectivity index (χ0n) is 20.2. The van der Waals surface area contributed by atoms with Crippen molar-refractivity contribution >= 4 is 37.0 Å². The third kappa shape index (κ3) is 3.79. The van der Waals surface area contributed by atoms with E-state index in [-0.39, 0.29) is 24.8 Å². The van der Waals surface area contributed by atoms with Crippen LogP contribution in [0.25, 0.3) is 12.2 Å². The van der Waals surface area contributed by atoms with Crippen molar-refractivity contribution in [3.05, 3.63) is 81.9 Å². The number of fused-ring (bicyclic) bond motifs is 2. The van der Waals surface area contributed by atoms with Crippen LogP contribution in [0.5, 0.6) is 0 Å². The fourth-order valence-electron chi connectivity index (χ4n) is 8.53. The summed E-state index contributed by atoms with van der Waals surface area (Å²) in [6.07, 6.45) is 18.5. The molecule has 1 saturated heterocycles. The average Bonchev–Trinajstić information content (AvgIpc) is 3.58. The molecular formula is C31H38Cl2Hf. The van der Waals surface area contributed by atoms with E-state index >= 15 is 0 Å². The Morgan fingerprint density at radius 1 is 0.529 bits per heavy atom. The molecule has 7 rings (SSSR count). The number of hydrogen-bond donors (Lipinski definition) is 0. The number of halogens is 2. The van der Waals surface area contributed by atoms with Gasteiger partial charge >= 0.3 is 199 Å². The summed E-state index contributed by atoms with van der Waals surface area (Å²) in [4.78, 5) is 0. The predicted molar refractivity (Wildman–Crippen MR) is 147 cm³/mol. The second-order valence-electron chi connectivity index (χ2n) is 11.5. The smallest absolute Gasteiger partial charge is 0.147 e. The number of benzene rings is 2. The van der Waals surface area contributed by atoms with Crippen LogP contribution >= 0.6 is 24.8 Å². The minimum absolute atomic E-state index is 0. The van der Waals surface area contributed by atoms with Crippen molar-refractivity contribution in [1.82, 2.24) is 0 Å². The fourth-order valence-corrected chi connectivity index (χ4v) is 31.5. The maximum atomic E-state index is 2.70. The van der Waals surface area contributed by atoms with Crippen LogP contribution in [0.4, 0.5) is 0 Å². The normalized spacial score (nSPS) is 27.2. The molecule has 3 heteroatoms. The zero-order chi connectivity index (χ0) is 21.1. The maximum Gasteiger partial charge on any atom is -0.147 e. The molecule has 4 aliphatic carbocycles. The van der Waals surface area contributed by atoms with E-state index in [2.05, 4.69) is 60.7 Å². The van der Waals surface area contributed by atoms with Gasteiger partial charge in [-0.25, -0.2) is 0 Å². The monoisotopic (exact) mass is 660 g/mol. The second-order valence-corrected chi connectivity index (χ2v) is 28.1. The summed E-state index contributed by atoms with van der Waals surface area (Å²) in [6, 6.07) is 19.2. The molecule has 0 N–H and O–H groups in total. The third-order valence-corrected chi connectivity index (χ3v) is 32.1. The van der Waals surface area contributed by atoms with Gasteiger partial charge < -0.3 is 0 Å². The molecular weight excluding hydrogens is 622 g/mol. The van der Waals surface area contributed by atoms with Crippen molar-refractivity contribution in [3.8, 4) is 0 Å². The van der Waals surface area contributed by atoms with Crippen molar-refractivity contribution in [2.75, 3.05) is 0 Å². The van der Waals surface area contributed by atoms with E-state index in [9.17, 15) is 0 Å². The topological polar surface area (TPSA) is 0 Å².